The molecule has 1 fully saturated rings. The highest BCUT2D eigenvalue weighted by molar-refractivity contribution is 7.90. The lowest BCUT2D eigenvalue weighted by Crippen LogP contribution is -2.39. The first-order valence-electron chi connectivity index (χ1n) is 15.1. The average Bonchev–Trinajstić information content (AvgIpc) is 3.49. The molecule has 8 nitrogen and oxygen atoms in total. The molecule has 0 spiro atoms. The quantitative estimate of drug-likeness (QED) is 0.190. The monoisotopic (exact) mass is 607 g/mol. The van der Waals surface area contributed by atoms with Gasteiger partial charge in [-0.3, -0.25) is 9.69 Å². The number of carbonyl (C=O) groups is 1. The molecule has 226 valence electrons. The number of anilines is 1. The van der Waals surface area contributed by atoms with Gasteiger partial charge in [0.25, 0.3) is 10.0 Å². The lowest BCUT2D eigenvalue weighted by Gasteiger charge is -2.37. The first-order valence-corrected chi connectivity index (χ1v) is 16.6. The molecule has 0 aliphatic heterocycles. The van der Waals surface area contributed by atoms with Crippen molar-refractivity contribution >= 4 is 32.8 Å². The summed E-state index contributed by atoms with van der Waals surface area (Å²) in [6.07, 6.45) is 6.62. The number of ketones is 1. The minimum Gasteiger partial charge on any atom is -0.362 e. The van der Waals surface area contributed by atoms with E-state index >= 15 is 0 Å². The Bertz CT molecular complexity index is 1770. The van der Waals surface area contributed by atoms with Crippen molar-refractivity contribution < 1.29 is 13.2 Å². The van der Waals surface area contributed by atoms with Crippen LogP contribution in [0.15, 0.2) is 108 Å². The number of Topliss-reactive ketones (excluding diaryl/α,β-unsaturated/α-hetero) is 1. The molecule has 0 bridgehead atoms. The summed E-state index contributed by atoms with van der Waals surface area (Å²) in [6.45, 7) is 3.84. The van der Waals surface area contributed by atoms with Crippen LogP contribution in [-0.2, 0) is 27.9 Å². The Hall–Kier alpha value is -4.34. The number of nitrogens with zero attached hydrogens (tertiary/aromatic N) is 4. The van der Waals surface area contributed by atoms with Gasteiger partial charge in [-0.2, -0.15) is 0 Å². The fourth-order valence-electron chi connectivity index (χ4n) is 6.03. The van der Waals surface area contributed by atoms with Gasteiger partial charge in [0.1, 0.15) is 11.3 Å². The summed E-state index contributed by atoms with van der Waals surface area (Å²) in [5.74, 6) is 0.621. The molecule has 1 aliphatic carbocycles. The zero-order valence-electron chi connectivity index (χ0n) is 24.8. The number of nitrogens with one attached hydrogen (secondary N) is 1. The molecule has 0 radical (unpaired) electrons. The van der Waals surface area contributed by atoms with Gasteiger partial charge in [0.05, 0.1) is 17.6 Å². The molecule has 2 heterocycles. The van der Waals surface area contributed by atoms with Crippen LogP contribution < -0.4 is 5.32 Å². The van der Waals surface area contributed by atoms with Crippen LogP contribution in [0.2, 0.25) is 0 Å². The Labute approximate surface area is 258 Å². The molecule has 1 saturated carbocycles. The number of rotatable bonds is 11. The van der Waals surface area contributed by atoms with E-state index in [1.54, 1.807) is 30.3 Å². The number of fused-ring (bicyclic) bond motifs is 1. The number of aryl methyl sites for hydroxylation is 1. The molecule has 0 unspecified atom stereocenters. The first-order chi connectivity index (χ1) is 21.4. The Morgan fingerprint density at radius 3 is 2.09 bits per heavy atom. The molecule has 1 N–H and O–H groups in total. The van der Waals surface area contributed by atoms with Crippen molar-refractivity contribution in [1.29, 1.82) is 0 Å². The number of carbonyl (C=O) groups excluding carboxylic acids is 1. The summed E-state index contributed by atoms with van der Waals surface area (Å²) in [7, 11) is -3.80. The second-order valence-electron chi connectivity index (χ2n) is 11.6. The van der Waals surface area contributed by atoms with Crippen molar-refractivity contribution in [2.75, 3.05) is 11.9 Å². The predicted molar refractivity (Wildman–Crippen MR) is 173 cm³/mol. The Morgan fingerprint density at radius 1 is 0.864 bits per heavy atom. The summed E-state index contributed by atoms with van der Waals surface area (Å²) in [6, 6.07) is 29.9. The normalized spacial score (nSPS) is 17.1. The highest BCUT2D eigenvalue weighted by Gasteiger charge is 2.29. The van der Waals surface area contributed by atoms with Crippen LogP contribution in [-0.4, -0.2) is 45.6 Å². The molecule has 0 atom stereocenters. The van der Waals surface area contributed by atoms with Crippen molar-refractivity contribution in [1.82, 2.24) is 18.8 Å². The van der Waals surface area contributed by atoms with E-state index in [1.807, 2.05) is 19.1 Å². The van der Waals surface area contributed by atoms with E-state index in [-0.39, 0.29) is 28.8 Å². The van der Waals surface area contributed by atoms with Crippen LogP contribution in [0.5, 0.6) is 0 Å². The summed E-state index contributed by atoms with van der Waals surface area (Å²) in [5, 5.41) is 3.13. The van der Waals surface area contributed by atoms with Crippen molar-refractivity contribution in [2.24, 2.45) is 5.92 Å². The third-order valence-electron chi connectivity index (χ3n) is 8.50. The van der Waals surface area contributed by atoms with Gasteiger partial charge in [-0.1, -0.05) is 78.4 Å². The summed E-state index contributed by atoms with van der Waals surface area (Å²) < 4.78 is 27.5. The van der Waals surface area contributed by atoms with Gasteiger partial charge in [0, 0.05) is 31.2 Å². The van der Waals surface area contributed by atoms with E-state index in [4.69, 9.17) is 0 Å². The zero-order chi connectivity index (χ0) is 30.5. The molecule has 5 aromatic rings. The predicted octanol–water partition coefficient (Wildman–Crippen LogP) is 6.22. The van der Waals surface area contributed by atoms with Crippen LogP contribution in [0, 0.1) is 12.8 Å². The van der Waals surface area contributed by atoms with Crippen molar-refractivity contribution in [3.05, 3.63) is 120 Å². The third-order valence-corrected chi connectivity index (χ3v) is 10.2. The van der Waals surface area contributed by atoms with Crippen molar-refractivity contribution in [3.63, 3.8) is 0 Å². The second-order valence-corrected chi connectivity index (χ2v) is 13.4. The lowest BCUT2D eigenvalue weighted by atomic mass is 9.82. The minimum absolute atomic E-state index is 0.00600. The van der Waals surface area contributed by atoms with Gasteiger partial charge in [-0.15, -0.1) is 0 Å². The van der Waals surface area contributed by atoms with Gasteiger partial charge < -0.3 is 5.32 Å². The smallest absolute Gasteiger partial charge is 0.269 e. The summed E-state index contributed by atoms with van der Waals surface area (Å²) >= 11 is 0. The number of aromatic nitrogens is 3. The highest BCUT2D eigenvalue weighted by atomic mass is 32.2. The summed E-state index contributed by atoms with van der Waals surface area (Å²) in [4.78, 5) is 24.9. The molecule has 3 aromatic carbocycles. The minimum atomic E-state index is -3.80. The standard InChI is InChI=1S/C35H37N5O3S/c1-26-12-18-31(19-13-26)44(42,43)40-21-20-32-35(40)37-23-34(38-32)36-22-33(41)29-14-16-30(17-15-29)39(24-27-8-4-2-5-9-27)25-28-10-6-3-7-11-28/h2-13,18-21,23,29-30H,14-17,22,24-25H2,1H3,(H,36,38). The molecule has 0 amide bonds. The number of hydrogen-bond acceptors (Lipinski definition) is 7. The SMILES string of the molecule is Cc1ccc(S(=O)(=O)n2ccc3nc(NCC(=O)C4CCC(N(Cc5ccccc5)Cc5ccccc5)CC4)cnc32)cc1. The van der Waals surface area contributed by atoms with Crippen LogP contribution in [0.1, 0.15) is 42.4 Å². The van der Waals surface area contributed by atoms with Gasteiger partial charge in [0.2, 0.25) is 0 Å². The Balaban J connectivity index is 1.06. The maximum atomic E-state index is 13.2. The van der Waals surface area contributed by atoms with Gasteiger partial charge in [-0.25, -0.2) is 22.4 Å². The van der Waals surface area contributed by atoms with Crippen molar-refractivity contribution in [3.8, 4) is 0 Å². The van der Waals surface area contributed by atoms with Crippen molar-refractivity contribution in [2.45, 2.75) is 56.6 Å². The summed E-state index contributed by atoms with van der Waals surface area (Å²) in [5.41, 5.74) is 4.26. The number of benzene rings is 3. The van der Waals surface area contributed by atoms with Crippen LogP contribution in [0.25, 0.3) is 11.2 Å². The molecule has 9 heteroatoms. The third kappa shape index (κ3) is 6.74. The van der Waals surface area contributed by atoms with E-state index in [1.165, 1.54) is 23.5 Å². The van der Waals surface area contributed by atoms with Gasteiger partial charge in [-0.05, 0) is 61.9 Å². The molecule has 6 rings (SSSR count). The fourth-order valence-corrected chi connectivity index (χ4v) is 7.32. The Kier molecular flexibility index (Phi) is 8.86. The van der Waals surface area contributed by atoms with Gasteiger partial charge in [0.15, 0.2) is 11.4 Å². The molecular formula is C35H37N5O3S. The van der Waals surface area contributed by atoms with E-state index in [0.717, 1.165) is 48.3 Å². The molecule has 1 aliphatic rings. The maximum absolute atomic E-state index is 13.2. The maximum Gasteiger partial charge on any atom is 0.269 e. The van der Waals surface area contributed by atoms with Crippen LogP contribution in [0.4, 0.5) is 5.82 Å². The second kappa shape index (κ2) is 13.1. The Morgan fingerprint density at radius 2 is 1.48 bits per heavy atom. The fraction of sp³-hybridized carbons (Fsp3) is 0.286. The number of hydrogen-bond donors (Lipinski definition) is 1. The first kappa shape index (κ1) is 29.7. The van der Waals surface area contributed by atoms with E-state index in [9.17, 15) is 13.2 Å². The van der Waals surface area contributed by atoms with Crippen LogP contribution >= 0.6 is 0 Å². The van der Waals surface area contributed by atoms with Crippen LogP contribution in [0.3, 0.4) is 0 Å². The van der Waals surface area contributed by atoms with Gasteiger partial charge >= 0.3 is 0 Å². The largest absolute Gasteiger partial charge is 0.362 e. The molecular weight excluding hydrogens is 570 g/mol. The molecule has 2 aromatic heterocycles. The molecule has 44 heavy (non-hydrogen) atoms. The van der Waals surface area contributed by atoms with E-state index in [2.05, 4.69) is 68.7 Å². The lowest BCUT2D eigenvalue weighted by molar-refractivity contribution is -0.122. The van der Waals surface area contributed by atoms with E-state index in [0.29, 0.717) is 17.4 Å². The van der Waals surface area contributed by atoms with E-state index < -0.39 is 10.0 Å². The molecule has 0 saturated heterocycles. The zero-order valence-corrected chi connectivity index (χ0v) is 25.7. The topological polar surface area (TPSA) is 97.2 Å². The average molecular weight is 608 g/mol. The highest BCUT2D eigenvalue weighted by Crippen LogP contribution is 2.30.